The minimum absolute atomic E-state index is 0.00622. The number of anilines is 1. The number of nitrogen functional groups attached to an aromatic ring is 2. The Morgan fingerprint density at radius 3 is 2.67 bits per heavy atom. The molecule has 0 saturated heterocycles. The number of nitrogens with zero attached hydrogens (tertiary/aromatic N) is 3. The summed E-state index contributed by atoms with van der Waals surface area (Å²) in [6.07, 6.45) is 3.69. The van der Waals surface area contributed by atoms with Gasteiger partial charge in [0.25, 0.3) is 0 Å². The van der Waals surface area contributed by atoms with E-state index in [1.807, 2.05) is 30.3 Å². The number of nitrogens with one attached hydrogen (secondary N) is 2. The maximum absolute atomic E-state index is 12.9. The van der Waals surface area contributed by atoms with Gasteiger partial charge in [-0.15, -0.1) is 5.10 Å². The number of ether oxygens (including phenoxy) is 2. The summed E-state index contributed by atoms with van der Waals surface area (Å²) < 4.78 is 12.4. The Morgan fingerprint density at radius 2 is 2.00 bits per heavy atom. The molecule has 0 saturated carbocycles. The number of pyridine rings is 1. The highest BCUT2D eigenvalue weighted by Gasteiger charge is 2.23. The van der Waals surface area contributed by atoms with Crippen molar-refractivity contribution in [1.29, 1.82) is 5.41 Å². The standard InChI is InChI=1S/C26H27N7O3/c1-3-13-36-22-15-18(10-11-21(22)35-2)19(14-16-6-8-17(9-7-16)23(28)29)24-31-26(34)33(32-24)25-20(27)5-4-12-30-25/h3-12,15,19H,1,13-14,27H2,2H3,(H3,28,29)(H,31,32,34). The first kappa shape index (κ1) is 24.3. The maximum atomic E-state index is 12.9. The van der Waals surface area contributed by atoms with Crippen molar-refractivity contribution < 1.29 is 9.47 Å². The maximum Gasteiger partial charge on any atom is 0.349 e. The average Bonchev–Trinajstić information content (AvgIpc) is 3.27. The monoisotopic (exact) mass is 485 g/mol. The molecule has 0 radical (unpaired) electrons. The third-order valence-electron chi connectivity index (χ3n) is 5.63. The van der Waals surface area contributed by atoms with E-state index in [-0.39, 0.29) is 17.6 Å². The lowest BCUT2D eigenvalue weighted by Crippen LogP contribution is -2.18. The number of methoxy groups -OCH3 is 1. The van der Waals surface area contributed by atoms with Gasteiger partial charge in [0, 0.05) is 17.7 Å². The Bertz CT molecular complexity index is 1440. The molecule has 0 amide bonds. The number of aromatic amines is 1. The van der Waals surface area contributed by atoms with Gasteiger partial charge >= 0.3 is 5.69 Å². The van der Waals surface area contributed by atoms with Crippen molar-refractivity contribution in [3.63, 3.8) is 0 Å². The van der Waals surface area contributed by atoms with E-state index < -0.39 is 5.69 Å². The molecule has 2 heterocycles. The van der Waals surface area contributed by atoms with Crippen LogP contribution in [0.25, 0.3) is 5.82 Å². The number of nitrogens with two attached hydrogens (primary N) is 2. The highest BCUT2D eigenvalue weighted by molar-refractivity contribution is 5.94. The zero-order chi connectivity index (χ0) is 25.7. The summed E-state index contributed by atoms with van der Waals surface area (Å²) in [4.78, 5) is 19.9. The van der Waals surface area contributed by atoms with E-state index >= 15 is 0 Å². The van der Waals surface area contributed by atoms with Crippen molar-refractivity contribution in [2.24, 2.45) is 5.73 Å². The van der Waals surface area contributed by atoms with Crippen LogP contribution in [0.2, 0.25) is 0 Å². The number of H-pyrrole nitrogens is 1. The number of benzene rings is 2. The van der Waals surface area contributed by atoms with Gasteiger partial charge in [-0.3, -0.25) is 10.4 Å². The molecule has 1 atom stereocenters. The van der Waals surface area contributed by atoms with Gasteiger partial charge in [0.2, 0.25) is 0 Å². The SMILES string of the molecule is C=CCOc1cc(C(Cc2ccc(C(=N)N)cc2)c2nn(-c3ncccc3N)c(=O)[nH]2)ccc1OC. The molecule has 2 aromatic carbocycles. The Morgan fingerprint density at radius 1 is 1.22 bits per heavy atom. The van der Waals surface area contributed by atoms with E-state index in [2.05, 4.69) is 21.6 Å². The van der Waals surface area contributed by atoms with Crippen LogP contribution in [0.15, 0.2) is 78.2 Å². The van der Waals surface area contributed by atoms with E-state index in [0.717, 1.165) is 15.8 Å². The van der Waals surface area contributed by atoms with Crippen molar-refractivity contribution in [3.05, 3.63) is 106 Å². The van der Waals surface area contributed by atoms with Crippen molar-refractivity contribution in [2.75, 3.05) is 19.5 Å². The van der Waals surface area contributed by atoms with E-state index in [0.29, 0.717) is 41.6 Å². The van der Waals surface area contributed by atoms with E-state index in [1.54, 1.807) is 43.6 Å². The summed E-state index contributed by atoms with van der Waals surface area (Å²) in [5, 5.41) is 12.2. The molecule has 184 valence electrons. The second-order valence-electron chi connectivity index (χ2n) is 8.02. The van der Waals surface area contributed by atoms with Crippen molar-refractivity contribution in [1.82, 2.24) is 19.7 Å². The van der Waals surface area contributed by atoms with Crippen LogP contribution >= 0.6 is 0 Å². The number of hydrogen-bond acceptors (Lipinski definition) is 7. The molecule has 0 spiro atoms. The van der Waals surface area contributed by atoms with Gasteiger partial charge in [-0.05, 0) is 41.8 Å². The minimum atomic E-state index is -0.455. The highest BCUT2D eigenvalue weighted by atomic mass is 16.5. The van der Waals surface area contributed by atoms with Crippen LogP contribution in [0.3, 0.4) is 0 Å². The largest absolute Gasteiger partial charge is 0.493 e. The zero-order valence-corrected chi connectivity index (χ0v) is 19.8. The molecule has 4 aromatic rings. The lowest BCUT2D eigenvalue weighted by molar-refractivity contribution is 0.326. The second kappa shape index (κ2) is 10.6. The molecule has 0 aliphatic heterocycles. The second-order valence-corrected chi connectivity index (χ2v) is 8.02. The van der Waals surface area contributed by atoms with Crippen molar-refractivity contribution in [3.8, 4) is 17.3 Å². The number of amidine groups is 1. The summed E-state index contributed by atoms with van der Waals surface area (Å²) in [6, 6.07) is 16.3. The van der Waals surface area contributed by atoms with E-state index in [9.17, 15) is 4.79 Å². The average molecular weight is 486 g/mol. The van der Waals surface area contributed by atoms with Crippen LogP contribution in [0.4, 0.5) is 5.69 Å². The molecular formula is C26H27N7O3. The molecular weight excluding hydrogens is 458 g/mol. The summed E-state index contributed by atoms with van der Waals surface area (Å²) >= 11 is 0. The molecule has 6 N–H and O–H groups in total. The van der Waals surface area contributed by atoms with Crippen LogP contribution in [-0.2, 0) is 6.42 Å². The molecule has 36 heavy (non-hydrogen) atoms. The first-order valence-electron chi connectivity index (χ1n) is 11.2. The summed E-state index contributed by atoms with van der Waals surface area (Å²) in [5.74, 6) is 1.44. The van der Waals surface area contributed by atoms with Crippen LogP contribution in [-0.4, -0.2) is 39.3 Å². The molecule has 2 aromatic heterocycles. The van der Waals surface area contributed by atoms with Crippen molar-refractivity contribution >= 4 is 11.5 Å². The lowest BCUT2D eigenvalue weighted by atomic mass is 9.90. The van der Waals surface area contributed by atoms with Gasteiger partial charge in [0.15, 0.2) is 17.3 Å². The Balaban J connectivity index is 1.80. The highest BCUT2D eigenvalue weighted by Crippen LogP contribution is 2.34. The molecule has 10 heteroatoms. The van der Waals surface area contributed by atoms with Gasteiger partial charge in [0.05, 0.1) is 12.8 Å². The summed E-state index contributed by atoms with van der Waals surface area (Å²) in [7, 11) is 1.57. The van der Waals surface area contributed by atoms with Crippen LogP contribution in [0.5, 0.6) is 11.5 Å². The Labute approximate surface area is 207 Å². The van der Waals surface area contributed by atoms with E-state index in [4.69, 9.17) is 26.4 Å². The fourth-order valence-corrected chi connectivity index (χ4v) is 3.83. The topological polar surface area (TPSA) is 158 Å². The molecule has 0 fully saturated rings. The van der Waals surface area contributed by atoms with Gasteiger partial charge in [-0.2, -0.15) is 4.68 Å². The first-order valence-corrected chi connectivity index (χ1v) is 11.2. The number of hydrogen-bond donors (Lipinski definition) is 4. The molecule has 4 rings (SSSR count). The van der Waals surface area contributed by atoms with Crippen LogP contribution in [0, 0.1) is 5.41 Å². The predicted octanol–water partition coefficient (Wildman–Crippen LogP) is 2.77. The normalized spacial score (nSPS) is 11.6. The van der Waals surface area contributed by atoms with Crippen LogP contribution in [0.1, 0.15) is 28.4 Å². The van der Waals surface area contributed by atoms with Gasteiger partial charge in [-0.25, -0.2) is 9.78 Å². The smallest absolute Gasteiger partial charge is 0.349 e. The third-order valence-corrected chi connectivity index (χ3v) is 5.63. The number of aromatic nitrogens is 4. The summed E-state index contributed by atoms with van der Waals surface area (Å²) in [6.45, 7) is 4.01. The quantitative estimate of drug-likeness (QED) is 0.153. The van der Waals surface area contributed by atoms with Crippen molar-refractivity contribution in [2.45, 2.75) is 12.3 Å². The molecule has 1 unspecified atom stereocenters. The minimum Gasteiger partial charge on any atom is -0.493 e. The lowest BCUT2D eigenvalue weighted by Gasteiger charge is -2.18. The van der Waals surface area contributed by atoms with E-state index in [1.165, 1.54) is 0 Å². The first-order chi connectivity index (χ1) is 17.4. The molecule has 0 aliphatic rings. The molecule has 0 aliphatic carbocycles. The Hall–Kier alpha value is -4.86. The molecule has 10 nitrogen and oxygen atoms in total. The number of rotatable bonds is 10. The molecule has 0 bridgehead atoms. The zero-order valence-electron chi connectivity index (χ0n) is 19.8. The third kappa shape index (κ3) is 5.12. The van der Waals surface area contributed by atoms with Gasteiger partial charge < -0.3 is 20.9 Å². The van der Waals surface area contributed by atoms with Gasteiger partial charge in [0.1, 0.15) is 18.3 Å². The predicted molar refractivity (Wildman–Crippen MR) is 138 cm³/mol. The van der Waals surface area contributed by atoms with Crippen LogP contribution < -0.4 is 26.6 Å². The fraction of sp³-hybridized carbons (Fsp3) is 0.154. The summed E-state index contributed by atoms with van der Waals surface area (Å²) in [5.41, 5.74) is 13.9. The Kier molecular flexibility index (Phi) is 7.15. The fourth-order valence-electron chi connectivity index (χ4n) is 3.83. The van der Waals surface area contributed by atoms with Gasteiger partial charge in [-0.1, -0.05) is 43.0 Å².